The van der Waals surface area contributed by atoms with Crippen LogP contribution in [-0.4, -0.2) is 27.4 Å². The summed E-state index contributed by atoms with van der Waals surface area (Å²) in [5.74, 6) is 0.331. The zero-order valence-corrected chi connectivity index (χ0v) is 10.5. The average molecular weight is 241 g/mol. The molecular weight excluding hydrogens is 221 g/mol. The van der Waals surface area contributed by atoms with Crippen LogP contribution in [0.25, 0.3) is 0 Å². The molecule has 0 saturated heterocycles. The van der Waals surface area contributed by atoms with E-state index in [0.717, 1.165) is 25.0 Å². The van der Waals surface area contributed by atoms with Gasteiger partial charge in [-0.3, -0.25) is 0 Å². The third kappa shape index (κ3) is 5.65. The minimum Gasteiger partial charge on any atom is -0.493 e. The highest BCUT2D eigenvalue weighted by Crippen LogP contribution is 2.16. The topological polar surface area (TPSA) is 30.5 Å². The number of methoxy groups -OCH3 is 1. The summed E-state index contributed by atoms with van der Waals surface area (Å²) in [6, 6.07) is 4.78. The van der Waals surface area contributed by atoms with Crippen LogP contribution in [0.2, 0.25) is 0 Å². The van der Waals surface area contributed by atoms with E-state index in [0.29, 0.717) is 18.9 Å². The van der Waals surface area contributed by atoms with Crippen LogP contribution in [0.3, 0.4) is 0 Å². The Balaban J connectivity index is 2.41. The molecule has 17 heavy (non-hydrogen) atoms. The lowest BCUT2D eigenvalue weighted by Crippen LogP contribution is -2.06. The third-order valence-corrected chi connectivity index (χ3v) is 2.32. The van der Waals surface area contributed by atoms with Crippen molar-refractivity contribution >= 4 is 0 Å². The normalized spacial score (nSPS) is 10.5. The Morgan fingerprint density at radius 2 is 1.94 bits per heavy atom. The zero-order valence-electron chi connectivity index (χ0n) is 10.5. The van der Waals surface area contributed by atoms with Crippen molar-refractivity contribution in [2.75, 3.05) is 27.4 Å². The first-order valence-corrected chi connectivity index (χ1v) is 5.82. The Bertz CT molecular complexity index is 331. The summed E-state index contributed by atoms with van der Waals surface area (Å²) in [6.45, 7) is 1.96. The molecule has 1 aromatic rings. The monoisotopic (exact) mass is 241 g/mol. The molecule has 0 atom stereocenters. The second kappa shape index (κ2) is 8.03. The van der Waals surface area contributed by atoms with Crippen LogP contribution < -0.4 is 10.1 Å². The third-order valence-electron chi connectivity index (χ3n) is 2.32. The lowest BCUT2D eigenvalue weighted by molar-refractivity contribution is 0.184. The summed E-state index contributed by atoms with van der Waals surface area (Å²) in [4.78, 5) is 0. The summed E-state index contributed by atoms with van der Waals surface area (Å²) in [5, 5.41) is 2.98. The van der Waals surface area contributed by atoms with Gasteiger partial charge in [-0.25, -0.2) is 4.39 Å². The summed E-state index contributed by atoms with van der Waals surface area (Å²) in [5.41, 5.74) is 0.888. The fourth-order valence-electron chi connectivity index (χ4n) is 1.55. The first kappa shape index (κ1) is 13.9. The van der Waals surface area contributed by atoms with Gasteiger partial charge in [0.15, 0.2) is 0 Å². The van der Waals surface area contributed by atoms with Crippen LogP contribution in [0.15, 0.2) is 18.2 Å². The van der Waals surface area contributed by atoms with Crippen LogP contribution in [0, 0.1) is 5.82 Å². The van der Waals surface area contributed by atoms with Gasteiger partial charge in [-0.2, -0.15) is 0 Å². The number of ether oxygens (including phenoxy) is 2. The highest BCUT2D eigenvalue weighted by atomic mass is 19.1. The van der Waals surface area contributed by atoms with Crippen molar-refractivity contribution in [2.45, 2.75) is 19.4 Å². The van der Waals surface area contributed by atoms with Crippen molar-refractivity contribution in [3.8, 4) is 5.75 Å². The Kier molecular flexibility index (Phi) is 6.58. The smallest absolute Gasteiger partial charge is 0.127 e. The largest absolute Gasteiger partial charge is 0.493 e. The van der Waals surface area contributed by atoms with E-state index in [9.17, 15) is 4.39 Å². The van der Waals surface area contributed by atoms with Gasteiger partial charge in [0.2, 0.25) is 0 Å². The number of nitrogens with one attached hydrogen (secondary N) is 1. The Morgan fingerprint density at radius 1 is 1.18 bits per heavy atom. The predicted molar refractivity (Wildman–Crippen MR) is 65.8 cm³/mol. The molecule has 0 bridgehead atoms. The van der Waals surface area contributed by atoms with Crippen LogP contribution in [-0.2, 0) is 11.3 Å². The maximum atomic E-state index is 13.3. The van der Waals surface area contributed by atoms with E-state index in [-0.39, 0.29) is 5.82 Å². The molecule has 1 rings (SSSR count). The van der Waals surface area contributed by atoms with Gasteiger partial charge in [0.25, 0.3) is 0 Å². The van der Waals surface area contributed by atoms with Gasteiger partial charge < -0.3 is 14.8 Å². The van der Waals surface area contributed by atoms with E-state index in [2.05, 4.69) is 5.32 Å². The van der Waals surface area contributed by atoms with Gasteiger partial charge >= 0.3 is 0 Å². The highest BCUT2D eigenvalue weighted by Gasteiger charge is 2.01. The molecule has 0 spiro atoms. The summed E-state index contributed by atoms with van der Waals surface area (Å²) >= 11 is 0. The number of unbranched alkanes of at least 4 members (excludes halogenated alkanes) is 1. The van der Waals surface area contributed by atoms with Crippen LogP contribution in [0.4, 0.5) is 4.39 Å². The average Bonchev–Trinajstić information content (AvgIpc) is 2.28. The van der Waals surface area contributed by atoms with E-state index in [1.807, 2.05) is 13.1 Å². The minimum atomic E-state index is -0.260. The number of halogens is 1. The van der Waals surface area contributed by atoms with Gasteiger partial charge in [0, 0.05) is 26.3 Å². The van der Waals surface area contributed by atoms with Crippen LogP contribution >= 0.6 is 0 Å². The minimum absolute atomic E-state index is 0.260. The van der Waals surface area contributed by atoms with Crippen molar-refractivity contribution in [3.63, 3.8) is 0 Å². The van der Waals surface area contributed by atoms with E-state index >= 15 is 0 Å². The van der Waals surface area contributed by atoms with E-state index < -0.39 is 0 Å². The molecule has 0 aromatic heterocycles. The van der Waals surface area contributed by atoms with Gasteiger partial charge in [-0.15, -0.1) is 0 Å². The lowest BCUT2D eigenvalue weighted by Gasteiger charge is -2.08. The van der Waals surface area contributed by atoms with Gasteiger partial charge in [0.1, 0.15) is 11.6 Å². The Hall–Kier alpha value is -1.13. The molecule has 0 amide bonds. The first-order valence-electron chi connectivity index (χ1n) is 5.82. The van der Waals surface area contributed by atoms with Crippen LogP contribution in [0.1, 0.15) is 18.4 Å². The molecule has 96 valence electrons. The zero-order chi connectivity index (χ0) is 12.5. The standard InChI is InChI=1S/C13H20FNO2/c1-15-10-11-7-12(14)9-13(8-11)17-6-4-3-5-16-2/h7-9,15H,3-6,10H2,1-2H3. The number of rotatable bonds is 8. The Labute approximate surface area is 102 Å². The quantitative estimate of drug-likeness (QED) is 0.709. The lowest BCUT2D eigenvalue weighted by atomic mass is 10.2. The second-order valence-corrected chi connectivity index (χ2v) is 3.87. The first-order chi connectivity index (χ1) is 8.26. The molecule has 0 aliphatic carbocycles. The van der Waals surface area contributed by atoms with Crippen molar-refractivity contribution in [1.82, 2.24) is 5.32 Å². The SMILES string of the molecule is CNCc1cc(F)cc(OCCCCOC)c1. The molecule has 0 fully saturated rings. The number of hydrogen-bond donors (Lipinski definition) is 1. The Morgan fingerprint density at radius 3 is 2.65 bits per heavy atom. The molecule has 1 N–H and O–H groups in total. The van der Waals surface area contributed by atoms with Gasteiger partial charge in [-0.1, -0.05) is 0 Å². The molecule has 1 aromatic carbocycles. The van der Waals surface area contributed by atoms with E-state index in [4.69, 9.17) is 9.47 Å². The second-order valence-electron chi connectivity index (χ2n) is 3.87. The molecule has 0 saturated carbocycles. The molecule has 4 heteroatoms. The molecule has 0 aliphatic heterocycles. The van der Waals surface area contributed by atoms with E-state index in [1.54, 1.807) is 7.11 Å². The van der Waals surface area contributed by atoms with Crippen molar-refractivity contribution in [2.24, 2.45) is 0 Å². The fourth-order valence-corrected chi connectivity index (χ4v) is 1.55. The van der Waals surface area contributed by atoms with Crippen molar-refractivity contribution in [1.29, 1.82) is 0 Å². The maximum absolute atomic E-state index is 13.3. The number of hydrogen-bond acceptors (Lipinski definition) is 3. The van der Waals surface area contributed by atoms with Gasteiger partial charge in [0.05, 0.1) is 6.61 Å². The summed E-state index contributed by atoms with van der Waals surface area (Å²) in [7, 11) is 3.51. The van der Waals surface area contributed by atoms with Crippen molar-refractivity contribution < 1.29 is 13.9 Å². The van der Waals surface area contributed by atoms with Crippen LogP contribution in [0.5, 0.6) is 5.75 Å². The van der Waals surface area contributed by atoms with Gasteiger partial charge in [-0.05, 0) is 37.6 Å². The van der Waals surface area contributed by atoms with Crippen molar-refractivity contribution in [3.05, 3.63) is 29.6 Å². The molecule has 3 nitrogen and oxygen atoms in total. The maximum Gasteiger partial charge on any atom is 0.127 e. The molecule has 0 radical (unpaired) electrons. The number of benzene rings is 1. The summed E-state index contributed by atoms with van der Waals surface area (Å²) < 4.78 is 23.7. The highest BCUT2D eigenvalue weighted by molar-refractivity contribution is 5.29. The molecular formula is C13H20FNO2. The molecule has 0 aliphatic rings. The molecule has 0 unspecified atom stereocenters. The summed E-state index contributed by atoms with van der Waals surface area (Å²) in [6.07, 6.45) is 1.86. The predicted octanol–water partition coefficient (Wildman–Crippen LogP) is 2.35. The fraction of sp³-hybridized carbons (Fsp3) is 0.538. The molecule has 0 heterocycles. The van der Waals surface area contributed by atoms with E-state index in [1.165, 1.54) is 12.1 Å².